The standard InChI is InChI=1S/C29H27F3N4O/c1-17-12-19-13-18(8-11-24(19)35-26(17)33)27(37)36(16-21-10-9-20(15-34-21)29(30,31)32)25-14-28(2,3)23-7-5-4-6-22(23)25/h4-13,15,25H,14,16H2,1-3H3,(H2,33,35)/t25-/m0/s1. The lowest BCUT2D eigenvalue weighted by Gasteiger charge is -2.31. The molecule has 2 aromatic heterocycles. The number of halogens is 3. The molecule has 1 atom stereocenters. The molecule has 2 aromatic carbocycles. The topological polar surface area (TPSA) is 72.1 Å². The SMILES string of the molecule is Cc1cc2cc(C(=O)N(Cc3ccc(C(F)(F)F)cn3)[C@H]3CC(C)(C)c4ccccc43)ccc2nc1N. The first-order valence-electron chi connectivity index (χ1n) is 12.0. The molecule has 190 valence electrons. The van der Waals surface area contributed by atoms with Crippen LogP contribution in [0.1, 0.15) is 64.6 Å². The zero-order valence-electron chi connectivity index (χ0n) is 20.8. The lowest BCUT2D eigenvalue weighted by atomic mass is 9.86. The number of hydrogen-bond donors (Lipinski definition) is 1. The highest BCUT2D eigenvalue weighted by molar-refractivity contribution is 5.98. The van der Waals surface area contributed by atoms with E-state index in [1.54, 1.807) is 23.1 Å². The largest absolute Gasteiger partial charge is 0.417 e. The van der Waals surface area contributed by atoms with Gasteiger partial charge < -0.3 is 10.6 Å². The van der Waals surface area contributed by atoms with E-state index in [4.69, 9.17) is 5.73 Å². The van der Waals surface area contributed by atoms with Gasteiger partial charge >= 0.3 is 6.18 Å². The fraction of sp³-hybridized carbons (Fsp3) is 0.276. The van der Waals surface area contributed by atoms with Crippen molar-refractivity contribution in [1.29, 1.82) is 0 Å². The van der Waals surface area contributed by atoms with Crippen LogP contribution in [-0.4, -0.2) is 20.8 Å². The van der Waals surface area contributed by atoms with Gasteiger partial charge in [-0.25, -0.2) is 4.98 Å². The van der Waals surface area contributed by atoms with Gasteiger partial charge in [0.2, 0.25) is 0 Å². The monoisotopic (exact) mass is 504 g/mol. The summed E-state index contributed by atoms with van der Waals surface area (Å²) in [7, 11) is 0. The van der Waals surface area contributed by atoms with E-state index in [1.807, 2.05) is 31.2 Å². The van der Waals surface area contributed by atoms with Crippen LogP contribution in [0.4, 0.5) is 19.0 Å². The third-order valence-electron chi connectivity index (χ3n) is 7.17. The Bertz CT molecular complexity index is 1500. The van der Waals surface area contributed by atoms with E-state index in [9.17, 15) is 18.0 Å². The molecular weight excluding hydrogens is 477 g/mol. The van der Waals surface area contributed by atoms with Crippen LogP contribution < -0.4 is 5.73 Å². The van der Waals surface area contributed by atoms with Gasteiger partial charge in [-0.1, -0.05) is 38.1 Å². The summed E-state index contributed by atoms with van der Waals surface area (Å²) in [5.41, 5.74) is 9.50. The Morgan fingerprint density at radius 2 is 1.86 bits per heavy atom. The smallest absolute Gasteiger partial charge is 0.383 e. The van der Waals surface area contributed by atoms with Gasteiger partial charge in [-0.3, -0.25) is 9.78 Å². The number of aromatic nitrogens is 2. The number of nitrogen functional groups attached to an aromatic ring is 1. The van der Waals surface area contributed by atoms with Crippen LogP contribution in [0.15, 0.2) is 66.9 Å². The average Bonchev–Trinajstić information content (AvgIpc) is 3.13. The Hall–Kier alpha value is -3.94. The number of rotatable bonds is 4. The van der Waals surface area contributed by atoms with Gasteiger partial charge in [0.1, 0.15) is 5.82 Å². The number of carbonyl (C=O) groups is 1. The van der Waals surface area contributed by atoms with Crippen molar-refractivity contribution in [2.24, 2.45) is 0 Å². The molecule has 5 nitrogen and oxygen atoms in total. The molecule has 5 rings (SSSR count). The Kier molecular flexibility index (Phi) is 5.93. The first-order chi connectivity index (χ1) is 17.4. The van der Waals surface area contributed by atoms with Crippen molar-refractivity contribution in [3.8, 4) is 0 Å². The van der Waals surface area contributed by atoms with Crippen molar-refractivity contribution < 1.29 is 18.0 Å². The van der Waals surface area contributed by atoms with Crippen molar-refractivity contribution in [2.45, 2.75) is 51.4 Å². The minimum atomic E-state index is -4.48. The van der Waals surface area contributed by atoms with Gasteiger partial charge in [-0.05, 0) is 71.8 Å². The van der Waals surface area contributed by atoms with E-state index in [0.29, 0.717) is 29.0 Å². The summed E-state index contributed by atoms with van der Waals surface area (Å²) >= 11 is 0. The van der Waals surface area contributed by atoms with Gasteiger partial charge in [0.15, 0.2) is 0 Å². The van der Waals surface area contributed by atoms with Crippen molar-refractivity contribution >= 4 is 22.6 Å². The molecule has 1 aliphatic carbocycles. The average molecular weight is 505 g/mol. The zero-order chi connectivity index (χ0) is 26.5. The van der Waals surface area contributed by atoms with Crippen LogP contribution in [0.25, 0.3) is 10.9 Å². The maximum atomic E-state index is 14.1. The second-order valence-electron chi connectivity index (χ2n) is 10.3. The summed E-state index contributed by atoms with van der Waals surface area (Å²) in [6.07, 6.45) is -2.97. The number of amides is 1. The summed E-state index contributed by atoms with van der Waals surface area (Å²) in [4.78, 5) is 24.2. The highest BCUT2D eigenvalue weighted by Crippen LogP contribution is 2.48. The predicted molar refractivity (Wildman–Crippen MR) is 137 cm³/mol. The number of carbonyl (C=O) groups excluding carboxylic acids is 1. The number of nitrogens with zero attached hydrogens (tertiary/aromatic N) is 3. The second kappa shape index (κ2) is 8.87. The quantitative estimate of drug-likeness (QED) is 0.340. The normalized spacial score (nSPS) is 16.5. The Morgan fingerprint density at radius 3 is 2.57 bits per heavy atom. The van der Waals surface area contributed by atoms with Gasteiger partial charge in [-0.2, -0.15) is 13.2 Å². The van der Waals surface area contributed by atoms with Gasteiger partial charge in [0.05, 0.1) is 29.4 Å². The van der Waals surface area contributed by atoms with Crippen LogP contribution in [-0.2, 0) is 18.1 Å². The second-order valence-corrected chi connectivity index (χ2v) is 10.3. The molecule has 37 heavy (non-hydrogen) atoms. The molecular formula is C29H27F3N4O. The number of alkyl halides is 3. The number of pyridine rings is 2. The number of fused-ring (bicyclic) bond motifs is 2. The van der Waals surface area contributed by atoms with Gasteiger partial charge in [0, 0.05) is 17.1 Å². The number of anilines is 1. The molecule has 1 amide bonds. The van der Waals surface area contributed by atoms with E-state index in [-0.39, 0.29) is 23.9 Å². The van der Waals surface area contributed by atoms with Gasteiger partial charge in [0.25, 0.3) is 5.91 Å². The lowest BCUT2D eigenvalue weighted by Crippen LogP contribution is -2.34. The molecule has 0 aliphatic heterocycles. The van der Waals surface area contributed by atoms with E-state index in [2.05, 4.69) is 29.9 Å². The summed E-state index contributed by atoms with van der Waals surface area (Å²) in [6.45, 7) is 6.21. The molecule has 1 aliphatic rings. The number of hydrogen-bond acceptors (Lipinski definition) is 4. The zero-order valence-corrected chi connectivity index (χ0v) is 20.8. The first-order valence-corrected chi connectivity index (χ1v) is 12.0. The minimum absolute atomic E-state index is 0.0725. The minimum Gasteiger partial charge on any atom is -0.383 e. The number of benzene rings is 2. The fourth-order valence-corrected chi connectivity index (χ4v) is 5.16. The molecule has 0 radical (unpaired) electrons. The number of nitrogens with two attached hydrogens (primary N) is 1. The molecule has 4 aromatic rings. The molecule has 0 unspecified atom stereocenters. The van der Waals surface area contributed by atoms with Crippen LogP contribution in [0.5, 0.6) is 0 Å². The summed E-state index contributed by atoms with van der Waals surface area (Å²) in [5, 5.41) is 0.789. The van der Waals surface area contributed by atoms with Crippen LogP contribution >= 0.6 is 0 Å². The van der Waals surface area contributed by atoms with E-state index in [1.165, 1.54) is 6.07 Å². The van der Waals surface area contributed by atoms with Crippen LogP contribution in [0.3, 0.4) is 0 Å². The number of aryl methyl sites for hydroxylation is 1. The maximum Gasteiger partial charge on any atom is 0.417 e. The molecule has 0 fully saturated rings. The summed E-state index contributed by atoms with van der Waals surface area (Å²) in [5.74, 6) is 0.210. The summed E-state index contributed by atoms with van der Waals surface area (Å²) in [6, 6.07) is 17.3. The Morgan fingerprint density at radius 1 is 1.11 bits per heavy atom. The Balaban J connectivity index is 1.57. The third-order valence-corrected chi connectivity index (χ3v) is 7.17. The Labute approximate surface area is 213 Å². The van der Waals surface area contributed by atoms with Crippen molar-refractivity contribution in [1.82, 2.24) is 14.9 Å². The van der Waals surface area contributed by atoms with E-state index >= 15 is 0 Å². The first kappa shape index (κ1) is 24.7. The maximum absolute atomic E-state index is 14.1. The molecule has 0 bridgehead atoms. The lowest BCUT2D eigenvalue weighted by molar-refractivity contribution is -0.137. The molecule has 0 spiro atoms. The molecule has 2 heterocycles. The van der Waals surface area contributed by atoms with Gasteiger partial charge in [-0.15, -0.1) is 0 Å². The molecule has 0 saturated carbocycles. The van der Waals surface area contributed by atoms with Crippen molar-refractivity contribution in [2.75, 3.05) is 5.73 Å². The fourth-order valence-electron chi connectivity index (χ4n) is 5.16. The highest BCUT2D eigenvalue weighted by Gasteiger charge is 2.41. The molecule has 0 saturated heterocycles. The van der Waals surface area contributed by atoms with Crippen molar-refractivity contribution in [3.05, 3.63) is 100 Å². The van der Waals surface area contributed by atoms with E-state index < -0.39 is 11.7 Å². The predicted octanol–water partition coefficient (Wildman–Crippen LogP) is 6.60. The highest BCUT2D eigenvalue weighted by atomic mass is 19.4. The third kappa shape index (κ3) is 4.63. The van der Waals surface area contributed by atoms with E-state index in [0.717, 1.165) is 34.3 Å². The molecule has 8 heteroatoms. The van der Waals surface area contributed by atoms with Crippen LogP contribution in [0, 0.1) is 6.92 Å². The van der Waals surface area contributed by atoms with Crippen molar-refractivity contribution in [3.63, 3.8) is 0 Å². The van der Waals surface area contributed by atoms with Crippen LogP contribution in [0.2, 0.25) is 0 Å². The summed E-state index contributed by atoms with van der Waals surface area (Å²) < 4.78 is 39.3. The molecule has 2 N–H and O–H groups in total.